The largest absolute Gasteiger partial charge is 0.382 e. The van der Waals surface area contributed by atoms with E-state index in [0.717, 1.165) is 19.3 Å². The van der Waals surface area contributed by atoms with Crippen LogP contribution in [-0.4, -0.2) is 98.9 Å². The molecule has 0 aliphatic carbocycles. The molecule has 0 bridgehead atoms. The fourth-order valence-corrected chi connectivity index (χ4v) is 5.10. The average molecular weight is 699 g/mol. The van der Waals surface area contributed by atoms with Crippen molar-refractivity contribution in [3.8, 4) is 11.6 Å². The minimum atomic E-state index is -0.262. The van der Waals surface area contributed by atoms with Gasteiger partial charge in [0.15, 0.2) is 46.3 Å². The topological polar surface area (TPSA) is 239 Å². The molecule has 0 atom stereocenters. The summed E-state index contributed by atoms with van der Waals surface area (Å²) >= 11 is 0. The lowest BCUT2D eigenvalue weighted by Gasteiger charge is -2.08. The maximum absolute atomic E-state index is 12.7. The molecule has 2 amide bonds. The number of amides is 2. The highest BCUT2D eigenvalue weighted by molar-refractivity contribution is 5.98. The molecule has 0 fully saturated rings. The van der Waals surface area contributed by atoms with Gasteiger partial charge in [0.25, 0.3) is 11.8 Å². The highest BCUT2D eigenvalue weighted by Crippen LogP contribution is 2.34. The van der Waals surface area contributed by atoms with Crippen molar-refractivity contribution in [1.82, 2.24) is 58.9 Å². The molecule has 0 unspecified atom stereocenters. The van der Waals surface area contributed by atoms with Crippen LogP contribution in [0.5, 0.6) is 0 Å². The van der Waals surface area contributed by atoms with Crippen LogP contribution in [0.25, 0.3) is 11.6 Å². The minimum absolute atomic E-state index is 0.172. The van der Waals surface area contributed by atoms with Gasteiger partial charge in [0.05, 0.1) is 23.8 Å². The van der Waals surface area contributed by atoms with Crippen molar-refractivity contribution in [3.63, 3.8) is 0 Å². The molecule has 0 spiro atoms. The number of rotatable bonds is 13. The first-order valence-corrected chi connectivity index (χ1v) is 16.3. The molecule has 0 aliphatic rings. The summed E-state index contributed by atoms with van der Waals surface area (Å²) in [6.45, 7) is 4.02. The second kappa shape index (κ2) is 15.0. The van der Waals surface area contributed by atoms with E-state index in [1.807, 2.05) is 6.92 Å². The number of carbonyl (C=O) groups is 2. The molecule has 5 aromatic rings. The zero-order valence-corrected chi connectivity index (χ0v) is 30.0. The van der Waals surface area contributed by atoms with Gasteiger partial charge in [-0.05, 0) is 19.3 Å². The third kappa shape index (κ3) is 7.19. The molecule has 20 nitrogen and oxygen atoms in total. The summed E-state index contributed by atoms with van der Waals surface area (Å²) in [6, 6.07) is 1.63. The Bertz CT molecular complexity index is 2110. The number of nitrogen functional groups attached to an aromatic ring is 2. The van der Waals surface area contributed by atoms with Crippen molar-refractivity contribution in [2.24, 2.45) is 34.6 Å². The van der Waals surface area contributed by atoms with Gasteiger partial charge in [-0.15, -0.1) is 20.5 Å². The molecule has 20 heteroatoms. The molecule has 0 saturated heterocycles. The van der Waals surface area contributed by atoms with Gasteiger partial charge in [-0.25, -0.2) is 19.3 Å². The predicted molar refractivity (Wildman–Crippen MR) is 189 cm³/mol. The van der Waals surface area contributed by atoms with Crippen LogP contribution in [0.3, 0.4) is 0 Å². The molecule has 0 aromatic carbocycles. The lowest BCUT2D eigenvalue weighted by Crippen LogP contribution is -2.21. The molecule has 0 radical (unpaired) electrons. The number of carbonyl (C=O) groups excluding carboxylic acids is 2. The molecule has 4 N–H and O–H groups in total. The standard InChI is InChI=1S/C31H42N18O2/c1-9-11-12-13-21-25(39-41-29-19(16-37-47(29)8)31(51)45(5)6)27(33)49(43-21)23-14-22(34-17-35-23)48-26(32)24(20(10-2)42-48)38-40-28-18(15-36-46(28)7)30(50)44(3)4/h14-17H,9-13,32-33H2,1-8H3. The minimum Gasteiger partial charge on any atom is -0.382 e. The molecule has 0 aliphatic heterocycles. The van der Waals surface area contributed by atoms with E-state index in [-0.39, 0.29) is 35.1 Å². The Labute approximate surface area is 293 Å². The number of aromatic nitrogens is 10. The monoisotopic (exact) mass is 698 g/mol. The smallest absolute Gasteiger partial charge is 0.258 e. The van der Waals surface area contributed by atoms with Crippen LogP contribution in [0.2, 0.25) is 0 Å². The highest BCUT2D eigenvalue weighted by atomic mass is 16.2. The maximum Gasteiger partial charge on any atom is 0.258 e. The zero-order valence-electron chi connectivity index (χ0n) is 30.0. The van der Waals surface area contributed by atoms with Crippen LogP contribution in [0, 0.1) is 0 Å². The van der Waals surface area contributed by atoms with Crippen LogP contribution in [0.4, 0.5) is 34.6 Å². The Balaban J connectivity index is 1.53. The van der Waals surface area contributed by atoms with Crippen molar-refractivity contribution in [1.29, 1.82) is 0 Å². The van der Waals surface area contributed by atoms with E-state index in [9.17, 15) is 9.59 Å². The molecule has 5 heterocycles. The number of nitrogens with zero attached hydrogens (tertiary/aromatic N) is 16. The number of hydrogen-bond acceptors (Lipinski definition) is 14. The van der Waals surface area contributed by atoms with Gasteiger partial charge in [0.1, 0.15) is 17.5 Å². The first kappa shape index (κ1) is 36.0. The SMILES string of the molecule is CCCCCc1nn(-c2cc(-n3nc(CC)c(N=Nc4c(C(=O)N(C)C)cnn4C)c3N)ncn2)c(N)c1N=Nc1c(C(=O)N(C)C)cnn1C. The average Bonchev–Trinajstić information content (AvgIpc) is 3.85. The lowest BCUT2D eigenvalue weighted by molar-refractivity contribution is 0.0821. The quantitative estimate of drug-likeness (QED) is 0.132. The van der Waals surface area contributed by atoms with Crippen molar-refractivity contribution in [2.75, 3.05) is 39.7 Å². The molecule has 0 saturated carbocycles. The Morgan fingerprint density at radius 2 is 1.20 bits per heavy atom. The van der Waals surface area contributed by atoms with E-state index in [1.54, 1.807) is 48.4 Å². The van der Waals surface area contributed by atoms with Gasteiger partial charge in [-0.2, -0.15) is 29.8 Å². The second-order valence-electron chi connectivity index (χ2n) is 12.0. The van der Waals surface area contributed by atoms with Gasteiger partial charge >= 0.3 is 0 Å². The summed E-state index contributed by atoms with van der Waals surface area (Å²) in [7, 11) is 9.94. The molecule has 51 heavy (non-hydrogen) atoms. The molecule has 5 rings (SSSR count). The number of nitrogens with two attached hydrogens (primary N) is 2. The summed E-state index contributed by atoms with van der Waals surface area (Å²) in [4.78, 5) is 37.1. The Kier molecular flexibility index (Phi) is 10.6. The third-order valence-electron chi connectivity index (χ3n) is 7.93. The van der Waals surface area contributed by atoms with E-state index >= 15 is 0 Å². The first-order valence-electron chi connectivity index (χ1n) is 16.3. The van der Waals surface area contributed by atoms with Crippen LogP contribution >= 0.6 is 0 Å². The van der Waals surface area contributed by atoms with Crippen molar-refractivity contribution < 1.29 is 9.59 Å². The fraction of sp³-hybridized carbons (Fsp3) is 0.419. The van der Waals surface area contributed by atoms with E-state index in [1.165, 1.54) is 47.2 Å². The third-order valence-corrected chi connectivity index (χ3v) is 7.93. The number of azo groups is 2. The van der Waals surface area contributed by atoms with E-state index in [2.05, 4.69) is 52.6 Å². The molecule has 268 valence electrons. The van der Waals surface area contributed by atoms with Crippen LogP contribution < -0.4 is 11.5 Å². The summed E-state index contributed by atoms with van der Waals surface area (Å²) < 4.78 is 5.82. The normalized spacial score (nSPS) is 11.7. The van der Waals surface area contributed by atoms with Gasteiger partial charge in [-0.1, -0.05) is 26.7 Å². The number of hydrogen-bond donors (Lipinski definition) is 2. The van der Waals surface area contributed by atoms with Crippen molar-refractivity contribution in [3.05, 3.63) is 47.3 Å². The Hall–Kier alpha value is -6.34. The summed E-state index contributed by atoms with van der Waals surface area (Å²) in [5, 5.41) is 35.4. The number of unbranched alkanes of at least 4 members (excludes halogenated alkanes) is 2. The predicted octanol–water partition coefficient (Wildman–Crippen LogP) is 4.01. The second-order valence-corrected chi connectivity index (χ2v) is 12.0. The van der Waals surface area contributed by atoms with Crippen molar-refractivity contribution >= 4 is 46.5 Å². The van der Waals surface area contributed by atoms with Crippen LogP contribution in [0.1, 0.15) is 65.2 Å². The summed E-state index contributed by atoms with van der Waals surface area (Å²) in [6.07, 6.45) is 8.16. The number of anilines is 2. The van der Waals surface area contributed by atoms with Crippen LogP contribution in [0.15, 0.2) is 45.2 Å². The van der Waals surface area contributed by atoms with Crippen molar-refractivity contribution in [2.45, 2.75) is 46.0 Å². The summed E-state index contributed by atoms with van der Waals surface area (Å²) in [5.74, 6) is 1.05. The van der Waals surface area contributed by atoms with Gasteiger partial charge in [0.2, 0.25) is 0 Å². The maximum atomic E-state index is 12.7. The number of aryl methyl sites for hydroxylation is 4. The van der Waals surface area contributed by atoms with E-state index in [4.69, 9.17) is 16.6 Å². The Morgan fingerprint density at radius 1 is 0.725 bits per heavy atom. The fourth-order valence-electron chi connectivity index (χ4n) is 5.10. The first-order chi connectivity index (χ1) is 24.4. The lowest BCUT2D eigenvalue weighted by atomic mass is 10.1. The molecular weight excluding hydrogens is 656 g/mol. The zero-order chi connectivity index (χ0) is 37.0. The van der Waals surface area contributed by atoms with Gasteiger partial charge in [-0.3, -0.25) is 9.59 Å². The molecular formula is C31H42N18O2. The van der Waals surface area contributed by atoms with E-state index in [0.29, 0.717) is 58.4 Å². The van der Waals surface area contributed by atoms with Crippen LogP contribution in [-0.2, 0) is 26.9 Å². The van der Waals surface area contributed by atoms with Gasteiger partial charge < -0.3 is 21.3 Å². The Morgan fingerprint density at radius 3 is 1.65 bits per heavy atom. The van der Waals surface area contributed by atoms with E-state index < -0.39 is 0 Å². The summed E-state index contributed by atoms with van der Waals surface area (Å²) in [5.41, 5.74) is 15.7. The van der Waals surface area contributed by atoms with Gasteiger partial charge in [0, 0.05) is 48.4 Å². The molecule has 5 aromatic heterocycles. The highest BCUT2D eigenvalue weighted by Gasteiger charge is 2.23.